The van der Waals surface area contributed by atoms with Crippen LogP contribution in [0.4, 0.5) is 0 Å². The van der Waals surface area contributed by atoms with E-state index < -0.39 is 41.7 Å². The zero-order valence-electron chi connectivity index (χ0n) is 21.8. The molecule has 0 radical (unpaired) electrons. The van der Waals surface area contributed by atoms with E-state index in [2.05, 4.69) is 12.2 Å². The van der Waals surface area contributed by atoms with Crippen LogP contribution in [0.2, 0.25) is 0 Å². The third-order valence-electron chi connectivity index (χ3n) is 7.71. The Hall–Kier alpha value is -2.72. The van der Waals surface area contributed by atoms with E-state index in [1.165, 1.54) is 0 Å². The number of rotatable bonds is 7. The zero-order chi connectivity index (χ0) is 26.6. The van der Waals surface area contributed by atoms with Crippen LogP contribution in [-0.4, -0.2) is 95.2 Å². The molecule has 10 heteroatoms. The highest BCUT2D eigenvalue weighted by Crippen LogP contribution is 2.53. The van der Waals surface area contributed by atoms with Crippen molar-refractivity contribution in [2.24, 2.45) is 11.8 Å². The lowest BCUT2D eigenvalue weighted by molar-refractivity contribution is -0.158. The third kappa shape index (κ3) is 5.31. The molecule has 4 aliphatic heterocycles. The number of nitrogens with one attached hydrogen (secondary N) is 1. The predicted octanol–water partition coefficient (Wildman–Crippen LogP) is 0.936. The van der Waals surface area contributed by atoms with Gasteiger partial charge in [0.2, 0.25) is 17.7 Å². The Balaban J connectivity index is 1.74. The largest absolute Gasteiger partial charge is 0.460 e. The highest BCUT2D eigenvalue weighted by Gasteiger charge is 2.71. The van der Waals surface area contributed by atoms with E-state index in [0.29, 0.717) is 32.4 Å². The van der Waals surface area contributed by atoms with Crippen molar-refractivity contribution in [3.63, 3.8) is 0 Å². The number of allylic oxidation sites excluding steroid dienone is 1. The fourth-order valence-electron chi connectivity index (χ4n) is 5.89. The summed E-state index contributed by atoms with van der Waals surface area (Å²) in [6.07, 6.45) is 9.41. The van der Waals surface area contributed by atoms with E-state index in [4.69, 9.17) is 9.47 Å². The SMILES string of the molecule is CCCCN1CC=C[C@]23O[C@@H]4/C=C\CCC(=O)NC[C@@H](C)OC(=O)[C@@H]4[C@H]2C(=O)N(CCCCO)[C@@H]3C1=O. The first-order chi connectivity index (χ1) is 17.8. The number of carbonyl (C=O) groups is 4. The Labute approximate surface area is 218 Å². The number of unbranched alkanes of at least 4 members (excludes halogenated alkanes) is 2. The van der Waals surface area contributed by atoms with Crippen molar-refractivity contribution in [1.29, 1.82) is 0 Å². The molecule has 0 bridgehead atoms. The highest BCUT2D eigenvalue weighted by atomic mass is 16.6. The number of nitrogens with zero attached hydrogens (tertiary/aromatic N) is 2. The van der Waals surface area contributed by atoms with E-state index in [-0.39, 0.29) is 43.8 Å². The van der Waals surface area contributed by atoms with Crippen molar-refractivity contribution in [2.75, 3.05) is 32.8 Å². The molecule has 0 saturated carbocycles. The lowest BCUT2D eigenvalue weighted by atomic mass is 9.78. The van der Waals surface area contributed by atoms with Crippen LogP contribution in [0.3, 0.4) is 0 Å². The van der Waals surface area contributed by atoms with Crippen molar-refractivity contribution in [3.8, 4) is 0 Å². The van der Waals surface area contributed by atoms with Crippen LogP contribution < -0.4 is 5.32 Å². The molecule has 37 heavy (non-hydrogen) atoms. The second-order valence-electron chi connectivity index (χ2n) is 10.4. The average molecular weight is 518 g/mol. The Morgan fingerprint density at radius 3 is 2.68 bits per heavy atom. The van der Waals surface area contributed by atoms with Gasteiger partial charge in [0.05, 0.1) is 18.6 Å². The van der Waals surface area contributed by atoms with Gasteiger partial charge in [0.1, 0.15) is 23.7 Å². The van der Waals surface area contributed by atoms with E-state index in [1.807, 2.05) is 12.2 Å². The van der Waals surface area contributed by atoms with Gasteiger partial charge in [-0.1, -0.05) is 37.6 Å². The van der Waals surface area contributed by atoms with Crippen molar-refractivity contribution in [3.05, 3.63) is 24.3 Å². The topological polar surface area (TPSA) is 125 Å². The van der Waals surface area contributed by atoms with Gasteiger partial charge in [-0.2, -0.15) is 0 Å². The molecular formula is C27H39N3O7. The maximum absolute atomic E-state index is 14.0. The third-order valence-corrected chi connectivity index (χ3v) is 7.71. The number of ether oxygens (including phenoxy) is 2. The van der Waals surface area contributed by atoms with Crippen molar-refractivity contribution in [2.45, 2.75) is 76.2 Å². The number of amides is 3. The molecule has 10 nitrogen and oxygen atoms in total. The molecule has 2 N–H and O–H groups in total. The van der Waals surface area contributed by atoms with Gasteiger partial charge in [-0.3, -0.25) is 19.2 Å². The van der Waals surface area contributed by atoms with Crippen molar-refractivity contribution in [1.82, 2.24) is 15.1 Å². The number of hydrogen-bond acceptors (Lipinski definition) is 7. The second-order valence-corrected chi connectivity index (χ2v) is 10.4. The first-order valence-corrected chi connectivity index (χ1v) is 13.5. The Morgan fingerprint density at radius 1 is 1.11 bits per heavy atom. The predicted molar refractivity (Wildman–Crippen MR) is 134 cm³/mol. The fraction of sp³-hybridized carbons (Fsp3) is 0.704. The van der Waals surface area contributed by atoms with Crippen molar-refractivity contribution >= 4 is 23.7 Å². The number of aliphatic hydroxyl groups is 1. The summed E-state index contributed by atoms with van der Waals surface area (Å²) in [7, 11) is 0. The number of esters is 1. The summed E-state index contributed by atoms with van der Waals surface area (Å²) in [4.78, 5) is 56.8. The maximum atomic E-state index is 14.0. The normalized spacial score (nSPS) is 35.1. The highest BCUT2D eigenvalue weighted by molar-refractivity contribution is 5.99. The van der Waals surface area contributed by atoms with Crippen LogP contribution in [0, 0.1) is 11.8 Å². The van der Waals surface area contributed by atoms with Gasteiger partial charge >= 0.3 is 5.97 Å². The van der Waals surface area contributed by atoms with Crippen LogP contribution in [0.25, 0.3) is 0 Å². The Morgan fingerprint density at radius 2 is 1.92 bits per heavy atom. The van der Waals surface area contributed by atoms with Gasteiger partial charge < -0.3 is 29.7 Å². The van der Waals surface area contributed by atoms with Crippen molar-refractivity contribution < 1.29 is 33.8 Å². The van der Waals surface area contributed by atoms with E-state index in [9.17, 15) is 24.3 Å². The van der Waals surface area contributed by atoms with Gasteiger partial charge in [0, 0.05) is 32.7 Å². The molecular weight excluding hydrogens is 478 g/mol. The number of hydrogen-bond donors (Lipinski definition) is 2. The van der Waals surface area contributed by atoms with E-state index >= 15 is 0 Å². The smallest absolute Gasteiger partial charge is 0.313 e. The average Bonchev–Trinajstić information content (AvgIpc) is 3.25. The number of cyclic esters (lactones) is 1. The van der Waals surface area contributed by atoms with Crippen LogP contribution >= 0.6 is 0 Å². The molecule has 204 valence electrons. The number of aliphatic hydroxyl groups excluding tert-OH is 1. The molecule has 0 unspecified atom stereocenters. The fourth-order valence-corrected chi connectivity index (χ4v) is 5.89. The standard InChI is InChI=1S/C27H39N3O7/c1-3-4-13-29-14-9-12-27-22(24(33)30(15-7-8-16-31)23(27)25(29)34)21-19(37-27)10-5-6-11-20(32)28-17-18(2)36-26(21)35/h5,9-10,12,18-19,21-23,31H,3-4,6-8,11,13-17H2,1-2H3,(H,28,32)/b10-5-/t18-,19-,21+,22+,23-,27+/m1/s1. The second kappa shape index (κ2) is 11.8. The minimum Gasteiger partial charge on any atom is -0.460 e. The molecule has 0 aromatic heterocycles. The maximum Gasteiger partial charge on any atom is 0.313 e. The molecule has 4 aliphatic rings. The van der Waals surface area contributed by atoms with Gasteiger partial charge in [-0.25, -0.2) is 0 Å². The minimum absolute atomic E-state index is 0.00944. The zero-order valence-corrected chi connectivity index (χ0v) is 21.8. The summed E-state index contributed by atoms with van der Waals surface area (Å²) in [5, 5.41) is 12.1. The molecule has 6 atom stereocenters. The van der Waals surface area contributed by atoms with Gasteiger partial charge in [0.25, 0.3) is 0 Å². The monoisotopic (exact) mass is 517 g/mol. The lowest BCUT2D eigenvalue weighted by Crippen LogP contribution is -2.55. The molecule has 3 amide bonds. The van der Waals surface area contributed by atoms with Crippen LogP contribution in [-0.2, 0) is 28.7 Å². The first kappa shape index (κ1) is 27.3. The quantitative estimate of drug-likeness (QED) is 0.292. The summed E-state index contributed by atoms with van der Waals surface area (Å²) < 4.78 is 12.3. The first-order valence-electron chi connectivity index (χ1n) is 13.5. The summed E-state index contributed by atoms with van der Waals surface area (Å²) in [5.74, 6) is -3.03. The van der Waals surface area contributed by atoms with Gasteiger partial charge in [-0.15, -0.1) is 0 Å². The van der Waals surface area contributed by atoms with Crippen LogP contribution in [0.5, 0.6) is 0 Å². The number of likely N-dealkylation sites (tertiary alicyclic amines) is 1. The molecule has 1 spiro atoms. The molecule has 0 aromatic carbocycles. The summed E-state index contributed by atoms with van der Waals surface area (Å²) in [6, 6.07) is -0.899. The van der Waals surface area contributed by atoms with E-state index in [0.717, 1.165) is 12.8 Å². The lowest BCUT2D eigenvalue weighted by Gasteiger charge is -2.35. The molecule has 4 heterocycles. The van der Waals surface area contributed by atoms with Crippen LogP contribution in [0.1, 0.15) is 52.4 Å². The number of carbonyl (C=O) groups excluding carboxylic acids is 4. The summed E-state index contributed by atoms with van der Waals surface area (Å²) >= 11 is 0. The minimum atomic E-state index is -1.30. The molecule has 0 aromatic rings. The Bertz CT molecular complexity index is 950. The van der Waals surface area contributed by atoms with Gasteiger partial charge in [-0.05, 0) is 32.6 Å². The van der Waals surface area contributed by atoms with E-state index in [1.54, 1.807) is 28.9 Å². The molecule has 2 saturated heterocycles. The molecule has 0 aliphatic carbocycles. The van der Waals surface area contributed by atoms with Gasteiger partial charge in [0.15, 0.2) is 0 Å². The Kier molecular flexibility index (Phi) is 8.69. The molecule has 2 fully saturated rings. The van der Waals surface area contributed by atoms with Crippen LogP contribution in [0.15, 0.2) is 24.3 Å². The summed E-state index contributed by atoms with van der Waals surface area (Å²) in [5.41, 5.74) is -1.30. The number of fused-ring (bicyclic) bond motifs is 2. The summed E-state index contributed by atoms with van der Waals surface area (Å²) in [6.45, 7) is 5.19. The molecule has 4 rings (SSSR count).